The van der Waals surface area contributed by atoms with E-state index in [1.165, 1.54) is 4.31 Å². The molecule has 0 atom stereocenters. The van der Waals surface area contributed by atoms with Gasteiger partial charge < -0.3 is 5.11 Å². The first kappa shape index (κ1) is 15.0. The molecule has 1 aromatic carbocycles. The molecular weight excluding hydrogens is 278 g/mol. The Morgan fingerprint density at radius 3 is 2.25 bits per heavy atom. The van der Waals surface area contributed by atoms with Crippen molar-refractivity contribution in [1.82, 2.24) is 4.31 Å². The molecule has 1 fully saturated rings. The minimum Gasteiger partial charge on any atom is -0.481 e. The van der Waals surface area contributed by atoms with E-state index in [1.54, 1.807) is 24.3 Å². The Hall–Kier alpha value is -1.40. The second-order valence-electron chi connectivity index (χ2n) is 5.00. The molecule has 1 aliphatic rings. The fourth-order valence-electron chi connectivity index (χ4n) is 2.33. The number of rotatable bonds is 5. The summed E-state index contributed by atoms with van der Waals surface area (Å²) in [7, 11) is -3.39. The number of hydrogen-bond acceptors (Lipinski definition) is 3. The van der Waals surface area contributed by atoms with Gasteiger partial charge in [0.15, 0.2) is 0 Å². The van der Waals surface area contributed by atoms with Crippen molar-refractivity contribution in [2.75, 3.05) is 13.1 Å². The SMILES string of the molecule is O=C(O)CCc1ccc(S(=O)(=O)N2CCCCC2)cc1. The van der Waals surface area contributed by atoms with Gasteiger partial charge in [-0.2, -0.15) is 4.31 Å². The van der Waals surface area contributed by atoms with E-state index in [4.69, 9.17) is 5.11 Å². The van der Waals surface area contributed by atoms with Crippen LogP contribution < -0.4 is 0 Å². The monoisotopic (exact) mass is 297 g/mol. The van der Waals surface area contributed by atoms with Crippen LogP contribution in [0.1, 0.15) is 31.2 Å². The average Bonchev–Trinajstić information content (AvgIpc) is 2.46. The van der Waals surface area contributed by atoms with Crippen LogP contribution in [0.4, 0.5) is 0 Å². The number of benzene rings is 1. The van der Waals surface area contributed by atoms with E-state index in [2.05, 4.69) is 0 Å². The lowest BCUT2D eigenvalue weighted by molar-refractivity contribution is -0.136. The first-order valence-electron chi connectivity index (χ1n) is 6.81. The van der Waals surface area contributed by atoms with Crippen molar-refractivity contribution in [3.8, 4) is 0 Å². The van der Waals surface area contributed by atoms with Gasteiger partial charge in [-0.05, 0) is 37.0 Å². The van der Waals surface area contributed by atoms with Crippen LogP contribution in [-0.4, -0.2) is 36.9 Å². The molecule has 5 nitrogen and oxygen atoms in total. The van der Waals surface area contributed by atoms with Gasteiger partial charge in [0, 0.05) is 19.5 Å². The number of carboxylic acid groups (broad SMARTS) is 1. The molecule has 1 N–H and O–H groups in total. The average molecular weight is 297 g/mol. The van der Waals surface area contributed by atoms with E-state index in [0.29, 0.717) is 24.4 Å². The molecule has 20 heavy (non-hydrogen) atoms. The van der Waals surface area contributed by atoms with Crippen molar-refractivity contribution < 1.29 is 18.3 Å². The highest BCUT2D eigenvalue weighted by molar-refractivity contribution is 7.89. The summed E-state index contributed by atoms with van der Waals surface area (Å²) in [6, 6.07) is 6.53. The van der Waals surface area contributed by atoms with Crippen LogP contribution in [-0.2, 0) is 21.2 Å². The summed E-state index contributed by atoms with van der Waals surface area (Å²) in [5.41, 5.74) is 0.838. The first-order chi connectivity index (χ1) is 9.50. The normalized spacial score (nSPS) is 17.0. The zero-order valence-electron chi connectivity index (χ0n) is 11.3. The van der Waals surface area contributed by atoms with Crippen LogP contribution in [0.25, 0.3) is 0 Å². The number of carboxylic acids is 1. The van der Waals surface area contributed by atoms with Crippen molar-refractivity contribution in [1.29, 1.82) is 0 Å². The first-order valence-corrected chi connectivity index (χ1v) is 8.25. The van der Waals surface area contributed by atoms with Crippen molar-refractivity contribution in [2.45, 2.75) is 37.0 Å². The molecule has 1 saturated heterocycles. The van der Waals surface area contributed by atoms with E-state index < -0.39 is 16.0 Å². The number of carbonyl (C=O) groups is 1. The van der Waals surface area contributed by atoms with Crippen LogP contribution in [0.3, 0.4) is 0 Å². The summed E-state index contributed by atoms with van der Waals surface area (Å²) in [6.07, 6.45) is 3.38. The lowest BCUT2D eigenvalue weighted by Gasteiger charge is -2.25. The molecule has 0 radical (unpaired) electrons. The standard InChI is InChI=1S/C14H19NO4S/c16-14(17)9-6-12-4-7-13(8-5-12)20(18,19)15-10-2-1-3-11-15/h4-5,7-8H,1-3,6,9-11H2,(H,16,17). The maximum atomic E-state index is 12.4. The highest BCUT2D eigenvalue weighted by atomic mass is 32.2. The van der Waals surface area contributed by atoms with Crippen LogP contribution in [0.5, 0.6) is 0 Å². The van der Waals surface area contributed by atoms with Crippen molar-refractivity contribution >= 4 is 16.0 Å². The number of sulfonamides is 1. The Balaban J connectivity index is 2.10. The van der Waals surface area contributed by atoms with Gasteiger partial charge in [0.25, 0.3) is 0 Å². The molecule has 0 saturated carbocycles. The molecule has 1 heterocycles. The quantitative estimate of drug-likeness (QED) is 0.900. The highest BCUT2D eigenvalue weighted by Gasteiger charge is 2.25. The molecule has 0 amide bonds. The summed E-state index contributed by atoms with van der Waals surface area (Å²) in [5.74, 6) is -0.852. The van der Waals surface area contributed by atoms with Gasteiger partial charge in [0.2, 0.25) is 10.0 Å². The Morgan fingerprint density at radius 1 is 1.10 bits per heavy atom. The molecule has 1 aromatic rings. The third-order valence-corrected chi connectivity index (χ3v) is 5.42. The van der Waals surface area contributed by atoms with E-state index in [-0.39, 0.29) is 6.42 Å². The molecule has 110 valence electrons. The highest BCUT2D eigenvalue weighted by Crippen LogP contribution is 2.21. The third kappa shape index (κ3) is 3.58. The van der Waals surface area contributed by atoms with Gasteiger partial charge in [0.1, 0.15) is 0 Å². The van der Waals surface area contributed by atoms with Gasteiger partial charge in [-0.25, -0.2) is 8.42 Å². The summed E-state index contributed by atoms with van der Waals surface area (Å²) < 4.78 is 26.3. The van der Waals surface area contributed by atoms with Crippen LogP contribution in [0, 0.1) is 0 Å². The number of aliphatic carboxylic acids is 1. The van der Waals surface area contributed by atoms with Crippen molar-refractivity contribution in [3.63, 3.8) is 0 Å². The molecule has 6 heteroatoms. The van der Waals surface area contributed by atoms with E-state index in [9.17, 15) is 13.2 Å². The second-order valence-corrected chi connectivity index (χ2v) is 6.94. The Labute approximate surface area is 119 Å². The van der Waals surface area contributed by atoms with Gasteiger partial charge in [-0.15, -0.1) is 0 Å². The number of aryl methyl sites for hydroxylation is 1. The van der Waals surface area contributed by atoms with Crippen molar-refractivity contribution in [3.05, 3.63) is 29.8 Å². The molecule has 2 rings (SSSR count). The fourth-order valence-corrected chi connectivity index (χ4v) is 3.85. The van der Waals surface area contributed by atoms with Gasteiger partial charge in [-0.1, -0.05) is 18.6 Å². The molecule has 1 aliphatic heterocycles. The van der Waals surface area contributed by atoms with Gasteiger partial charge in [-0.3, -0.25) is 4.79 Å². The van der Waals surface area contributed by atoms with Gasteiger partial charge in [0.05, 0.1) is 4.90 Å². The molecule has 0 aliphatic carbocycles. The Morgan fingerprint density at radius 2 is 1.70 bits per heavy atom. The largest absolute Gasteiger partial charge is 0.481 e. The Kier molecular flexibility index (Phi) is 4.77. The number of nitrogens with zero attached hydrogens (tertiary/aromatic N) is 1. The predicted octanol–water partition coefficient (Wildman–Crippen LogP) is 1.88. The molecule has 0 unspecified atom stereocenters. The summed E-state index contributed by atoms with van der Waals surface area (Å²) in [6.45, 7) is 1.17. The summed E-state index contributed by atoms with van der Waals surface area (Å²) >= 11 is 0. The summed E-state index contributed by atoms with van der Waals surface area (Å²) in [5, 5.41) is 8.63. The van der Waals surface area contributed by atoms with Crippen LogP contribution in [0.15, 0.2) is 29.2 Å². The maximum Gasteiger partial charge on any atom is 0.303 e. The Bertz CT molecular complexity index is 559. The van der Waals surface area contributed by atoms with E-state index in [0.717, 1.165) is 24.8 Å². The lowest BCUT2D eigenvalue weighted by atomic mass is 10.1. The second kappa shape index (κ2) is 6.37. The smallest absolute Gasteiger partial charge is 0.303 e. The fraction of sp³-hybridized carbons (Fsp3) is 0.500. The molecular formula is C14H19NO4S. The zero-order chi connectivity index (χ0) is 14.6. The number of piperidine rings is 1. The minimum atomic E-state index is -3.39. The minimum absolute atomic E-state index is 0.0538. The molecule has 0 aromatic heterocycles. The lowest BCUT2D eigenvalue weighted by Crippen LogP contribution is -2.35. The van der Waals surface area contributed by atoms with Gasteiger partial charge >= 0.3 is 5.97 Å². The predicted molar refractivity (Wildman–Crippen MR) is 75.0 cm³/mol. The maximum absolute atomic E-state index is 12.4. The molecule has 0 spiro atoms. The molecule has 0 bridgehead atoms. The topological polar surface area (TPSA) is 74.7 Å². The van der Waals surface area contributed by atoms with E-state index >= 15 is 0 Å². The summed E-state index contributed by atoms with van der Waals surface area (Å²) in [4.78, 5) is 10.8. The third-order valence-electron chi connectivity index (χ3n) is 3.50. The zero-order valence-corrected chi connectivity index (χ0v) is 12.1. The van der Waals surface area contributed by atoms with Crippen molar-refractivity contribution in [2.24, 2.45) is 0 Å². The number of hydrogen-bond donors (Lipinski definition) is 1. The van der Waals surface area contributed by atoms with E-state index in [1.807, 2.05) is 0 Å². The van der Waals surface area contributed by atoms with Crippen LogP contribution >= 0.6 is 0 Å². The van der Waals surface area contributed by atoms with Crippen LogP contribution in [0.2, 0.25) is 0 Å².